The maximum atomic E-state index is 5.74. The monoisotopic (exact) mass is 238 g/mol. The zero-order valence-corrected chi connectivity index (χ0v) is 10.6. The fourth-order valence-electron chi connectivity index (χ4n) is 2.84. The third-order valence-corrected chi connectivity index (χ3v) is 3.76. The Hall–Kier alpha value is -1.07. The van der Waals surface area contributed by atoms with Crippen molar-refractivity contribution in [2.75, 3.05) is 7.11 Å². The Morgan fingerprint density at radius 2 is 2.18 bits per heavy atom. The lowest BCUT2D eigenvalue weighted by Crippen LogP contribution is -2.36. The van der Waals surface area contributed by atoms with E-state index in [0.717, 1.165) is 11.4 Å². The maximum absolute atomic E-state index is 5.74. The second-order valence-electron chi connectivity index (χ2n) is 4.76. The Labute approximate surface area is 102 Å². The fourth-order valence-corrected chi connectivity index (χ4v) is 2.84. The Morgan fingerprint density at radius 3 is 2.76 bits per heavy atom. The molecule has 1 aromatic heterocycles. The van der Waals surface area contributed by atoms with Gasteiger partial charge in [0.1, 0.15) is 0 Å². The fraction of sp³-hybridized carbons (Fsp3) is 0.750. The quantitative estimate of drug-likeness (QED) is 0.616. The molecule has 5 heteroatoms. The van der Waals surface area contributed by atoms with Crippen molar-refractivity contribution in [1.29, 1.82) is 0 Å². The van der Waals surface area contributed by atoms with E-state index in [1.165, 1.54) is 32.1 Å². The van der Waals surface area contributed by atoms with E-state index in [2.05, 4.69) is 10.5 Å². The van der Waals surface area contributed by atoms with Crippen molar-refractivity contribution < 1.29 is 4.74 Å². The molecule has 0 aliphatic heterocycles. The topological polar surface area (TPSA) is 65.1 Å². The minimum Gasteiger partial charge on any atom is -0.493 e. The number of hydrogen-bond acceptors (Lipinski definition) is 4. The molecule has 0 aromatic carbocycles. The summed E-state index contributed by atoms with van der Waals surface area (Å²) in [6.07, 6.45) is 8.14. The lowest BCUT2D eigenvalue weighted by Gasteiger charge is -2.30. The highest BCUT2D eigenvalue weighted by Crippen LogP contribution is 2.37. The van der Waals surface area contributed by atoms with Gasteiger partial charge in [-0.05, 0) is 18.8 Å². The Kier molecular flexibility index (Phi) is 4.02. The molecule has 2 rings (SSSR count). The number of nitrogens with zero attached hydrogens (tertiary/aromatic N) is 2. The molecule has 1 aliphatic carbocycles. The summed E-state index contributed by atoms with van der Waals surface area (Å²) in [5.41, 5.74) is 4.01. The molecule has 0 spiro atoms. The van der Waals surface area contributed by atoms with Crippen molar-refractivity contribution >= 4 is 0 Å². The molecule has 0 radical (unpaired) electrons. The standard InChI is InChI=1S/C12H22N4O/c1-16-12(10(17-2)8-14-16)11(15-13)9-6-4-3-5-7-9/h8-9,11,15H,3-7,13H2,1-2H3. The second kappa shape index (κ2) is 5.51. The molecule has 96 valence electrons. The summed E-state index contributed by atoms with van der Waals surface area (Å²) in [5, 5.41) is 4.25. The number of nitrogens with one attached hydrogen (secondary N) is 1. The Morgan fingerprint density at radius 1 is 1.47 bits per heavy atom. The lowest BCUT2D eigenvalue weighted by atomic mass is 9.83. The van der Waals surface area contributed by atoms with Gasteiger partial charge in [0.25, 0.3) is 0 Å². The van der Waals surface area contributed by atoms with Crippen molar-refractivity contribution in [3.8, 4) is 5.75 Å². The molecule has 1 saturated carbocycles. The third-order valence-electron chi connectivity index (χ3n) is 3.76. The summed E-state index contributed by atoms with van der Waals surface area (Å²) in [6, 6.07) is 0.137. The van der Waals surface area contributed by atoms with Crippen LogP contribution in [-0.4, -0.2) is 16.9 Å². The molecular formula is C12H22N4O. The highest BCUT2D eigenvalue weighted by atomic mass is 16.5. The molecule has 1 unspecified atom stereocenters. The largest absolute Gasteiger partial charge is 0.493 e. The van der Waals surface area contributed by atoms with E-state index in [9.17, 15) is 0 Å². The summed E-state index contributed by atoms with van der Waals surface area (Å²) in [7, 11) is 3.61. The Balaban J connectivity index is 2.23. The number of hydrogen-bond donors (Lipinski definition) is 2. The first kappa shape index (κ1) is 12.4. The minimum absolute atomic E-state index is 0.137. The first-order valence-electron chi connectivity index (χ1n) is 6.30. The molecule has 0 amide bonds. The van der Waals surface area contributed by atoms with Gasteiger partial charge >= 0.3 is 0 Å². The first-order chi connectivity index (χ1) is 8.27. The van der Waals surface area contributed by atoms with E-state index in [4.69, 9.17) is 10.6 Å². The van der Waals surface area contributed by atoms with E-state index >= 15 is 0 Å². The van der Waals surface area contributed by atoms with Crippen molar-refractivity contribution in [3.05, 3.63) is 11.9 Å². The molecule has 1 aliphatic rings. The number of ether oxygens (including phenoxy) is 1. The zero-order valence-electron chi connectivity index (χ0n) is 10.6. The van der Waals surface area contributed by atoms with Crippen molar-refractivity contribution in [2.24, 2.45) is 18.8 Å². The summed E-state index contributed by atoms with van der Waals surface area (Å²) < 4.78 is 7.22. The highest BCUT2D eigenvalue weighted by Gasteiger charge is 2.29. The van der Waals surface area contributed by atoms with Gasteiger partial charge in [-0.25, -0.2) is 0 Å². The minimum atomic E-state index is 0.137. The molecule has 17 heavy (non-hydrogen) atoms. The van der Waals surface area contributed by atoms with Crippen LogP contribution in [0.1, 0.15) is 43.8 Å². The van der Waals surface area contributed by atoms with E-state index in [0.29, 0.717) is 5.92 Å². The van der Waals surface area contributed by atoms with Gasteiger partial charge in [-0.1, -0.05) is 19.3 Å². The smallest absolute Gasteiger partial charge is 0.161 e. The first-order valence-corrected chi connectivity index (χ1v) is 6.30. The average molecular weight is 238 g/mol. The molecule has 5 nitrogen and oxygen atoms in total. The number of nitrogens with two attached hydrogens (primary N) is 1. The van der Waals surface area contributed by atoms with Crippen LogP contribution in [-0.2, 0) is 7.05 Å². The van der Waals surface area contributed by atoms with Gasteiger partial charge in [0, 0.05) is 7.05 Å². The van der Waals surface area contributed by atoms with Crippen LogP contribution in [0.4, 0.5) is 0 Å². The molecule has 1 fully saturated rings. The summed E-state index contributed by atoms with van der Waals surface area (Å²) in [6.45, 7) is 0. The lowest BCUT2D eigenvalue weighted by molar-refractivity contribution is 0.258. The molecule has 0 saturated heterocycles. The number of aromatic nitrogens is 2. The highest BCUT2D eigenvalue weighted by molar-refractivity contribution is 5.28. The number of hydrazine groups is 1. The van der Waals surface area contributed by atoms with Crippen LogP contribution in [0, 0.1) is 5.92 Å². The predicted molar refractivity (Wildman–Crippen MR) is 66.4 cm³/mol. The molecule has 3 N–H and O–H groups in total. The molecule has 0 bridgehead atoms. The van der Waals surface area contributed by atoms with Gasteiger partial charge in [-0.15, -0.1) is 0 Å². The van der Waals surface area contributed by atoms with Gasteiger partial charge in [-0.2, -0.15) is 5.10 Å². The van der Waals surface area contributed by atoms with Gasteiger partial charge in [0.05, 0.1) is 25.0 Å². The second-order valence-corrected chi connectivity index (χ2v) is 4.76. The predicted octanol–water partition coefficient (Wildman–Crippen LogP) is 1.51. The zero-order chi connectivity index (χ0) is 12.3. The van der Waals surface area contributed by atoms with Gasteiger partial charge in [0.2, 0.25) is 0 Å². The maximum Gasteiger partial charge on any atom is 0.161 e. The number of methoxy groups -OCH3 is 1. The van der Waals surface area contributed by atoms with E-state index in [1.54, 1.807) is 13.3 Å². The van der Waals surface area contributed by atoms with Crippen molar-refractivity contribution in [1.82, 2.24) is 15.2 Å². The number of rotatable bonds is 4. The Bertz CT molecular complexity index is 357. The van der Waals surface area contributed by atoms with Crippen LogP contribution >= 0.6 is 0 Å². The van der Waals surface area contributed by atoms with Crippen molar-refractivity contribution in [3.63, 3.8) is 0 Å². The van der Waals surface area contributed by atoms with Crippen LogP contribution in [0.25, 0.3) is 0 Å². The molecule has 1 heterocycles. The summed E-state index contributed by atoms with van der Waals surface area (Å²) >= 11 is 0. The van der Waals surface area contributed by atoms with Crippen LogP contribution in [0.15, 0.2) is 6.20 Å². The van der Waals surface area contributed by atoms with E-state index < -0.39 is 0 Å². The molecular weight excluding hydrogens is 216 g/mol. The van der Waals surface area contributed by atoms with Crippen LogP contribution < -0.4 is 16.0 Å². The summed E-state index contributed by atoms with van der Waals surface area (Å²) in [5.74, 6) is 7.14. The third kappa shape index (κ3) is 2.45. The van der Waals surface area contributed by atoms with Gasteiger partial charge < -0.3 is 4.74 Å². The SMILES string of the molecule is COc1cnn(C)c1C(NN)C1CCCCC1. The van der Waals surface area contributed by atoms with Crippen LogP contribution in [0.5, 0.6) is 5.75 Å². The van der Waals surface area contributed by atoms with Crippen LogP contribution in [0.2, 0.25) is 0 Å². The van der Waals surface area contributed by atoms with E-state index in [1.807, 2.05) is 11.7 Å². The van der Waals surface area contributed by atoms with Gasteiger partial charge in [0.15, 0.2) is 5.75 Å². The number of aryl methyl sites for hydroxylation is 1. The van der Waals surface area contributed by atoms with E-state index in [-0.39, 0.29) is 6.04 Å². The van der Waals surface area contributed by atoms with Crippen LogP contribution in [0.3, 0.4) is 0 Å². The molecule has 1 atom stereocenters. The summed E-state index contributed by atoms with van der Waals surface area (Å²) in [4.78, 5) is 0. The molecule has 1 aromatic rings. The van der Waals surface area contributed by atoms with Gasteiger partial charge in [-0.3, -0.25) is 16.0 Å². The van der Waals surface area contributed by atoms with Crippen molar-refractivity contribution in [2.45, 2.75) is 38.1 Å². The normalized spacial score (nSPS) is 19.2. The average Bonchev–Trinajstić information content (AvgIpc) is 2.74.